The van der Waals surface area contributed by atoms with Crippen LogP contribution in [0.1, 0.15) is 18.2 Å². The summed E-state index contributed by atoms with van der Waals surface area (Å²) < 4.78 is 3.58. The molecule has 0 saturated heterocycles. The third-order valence-corrected chi connectivity index (χ3v) is 4.01. The van der Waals surface area contributed by atoms with Gasteiger partial charge in [-0.3, -0.25) is 9.55 Å². The Morgan fingerprint density at radius 2 is 2.25 bits per heavy atom. The van der Waals surface area contributed by atoms with E-state index in [0.29, 0.717) is 11.3 Å². The Morgan fingerprint density at radius 1 is 1.40 bits per heavy atom. The van der Waals surface area contributed by atoms with E-state index in [2.05, 4.69) is 43.9 Å². The highest BCUT2D eigenvalue weighted by Crippen LogP contribution is 2.18. The van der Waals surface area contributed by atoms with Gasteiger partial charge in [0.25, 0.3) is 0 Å². The fourth-order valence-electron chi connectivity index (χ4n) is 2.25. The molecule has 0 unspecified atom stereocenters. The van der Waals surface area contributed by atoms with Gasteiger partial charge in [0.1, 0.15) is 0 Å². The molecule has 0 aliphatic carbocycles. The monoisotopic (exact) mass is 348 g/mol. The molecule has 0 radical (unpaired) electrons. The lowest BCUT2D eigenvalue weighted by Crippen LogP contribution is -2.05. The first-order valence-electron chi connectivity index (χ1n) is 6.36. The van der Waals surface area contributed by atoms with Gasteiger partial charge in [0, 0.05) is 16.9 Å². The number of aromatic nitrogens is 4. The van der Waals surface area contributed by atoms with Crippen LogP contribution in [-0.4, -0.2) is 19.5 Å². The van der Waals surface area contributed by atoms with Crippen molar-refractivity contribution in [2.24, 2.45) is 0 Å². The van der Waals surface area contributed by atoms with Crippen LogP contribution in [0.3, 0.4) is 0 Å². The Hall–Kier alpha value is -1.53. The van der Waals surface area contributed by atoms with Gasteiger partial charge in [0.15, 0.2) is 10.4 Å². The fraction of sp³-hybridized carbons (Fsp3) is 0.214. The molecular formula is C14H13BrN4S. The second-order valence-corrected chi connectivity index (χ2v) is 5.81. The van der Waals surface area contributed by atoms with Crippen LogP contribution in [0.5, 0.6) is 0 Å². The van der Waals surface area contributed by atoms with Crippen LogP contribution in [0.15, 0.2) is 35.1 Å². The zero-order chi connectivity index (χ0) is 14.1. The molecule has 0 aliphatic rings. The maximum atomic E-state index is 5.40. The number of hydrogen-bond acceptors (Lipinski definition) is 3. The number of halogens is 1. The number of nitrogens with zero attached hydrogens (tertiary/aromatic N) is 3. The van der Waals surface area contributed by atoms with Gasteiger partial charge in [-0.05, 0) is 52.3 Å². The molecule has 0 atom stereocenters. The van der Waals surface area contributed by atoms with E-state index in [1.54, 1.807) is 6.20 Å². The topological polar surface area (TPSA) is 46.5 Å². The number of aryl methyl sites for hydroxylation is 1. The first-order valence-corrected chi connectivity index (χ1v) is 7.56. The minimum atomic E-state index is 0.636. The summed E-state index contributed by atoms with van der Waals surface area (Å²) in [5, 5.41) is 0. The molecule has 0 aromatic carbocycles. The Kier molecular flexibility index (Phi) is 3.67. The first kappa shape index (κ1) is 13.5. The van der Waals surface area contributed by atoms with Crippen LogP contribution < -0.4 is 0 Å². The Morgan fingerprint density at radius 3 is 3.05 bits per heavy atom. The molecule has 0 spiro atoms. The molecule has 3 rings (SSSR count). The van der Waals surface area contributed by atoms with Gasteiger partial charge in [0.2, 0.25) is 0 Å². The number of rotatable bonds is 3. The zero-order valence-electron chi connectivity index (χ0n) is 10.9. The first-order chi connectivity index (χ1) is 9.69. The van der Waals surface area contributed by atoms with Crippen molar-refractivity contribution in [3.8, 4) is 0 Å². The van der Waals surface area contributed by atoms with E-state index in [4.69, 9.17) is 12.2 Å². The number of hydrogen-bond donors (Lipinski definition) is 1. The minimum Gasteiger partial charge on any atom is -0.329 e. The number of imidazole rings is 1. The summed E-state index contributed by atoms with van der Waals surface area (Å²) >= 11 is 8.82. The highest BCUT2D eigenvalue weighted by molar-refractivity contribution is 9.10. The lowest BCUT2D eigenvalue weighted by molar-refractivity contribution is 0.764. The average molecular weight is 349 g/mol. The van der Waals surface area contributed by atoms with Crippen molar-refractivity contribution in [2.45, 2.75) is 19.9 Å². The molecule has 3 aromatic heterocycles. The van der Waals surface area contributed by atoms with Crippen LogP contribution in [-0.2, 0) is 13.0 Å². The van der Waals surface area contributed by atoms with Crippen LogP contribution in [0.2, 0.25) is 0 Å². The van der Waals surface area contributed by atoms with Crippen LogP contribution in [0, 0.1) is 4.77 Å². The predicted molar refractivity (Wildman–Crippen MR) is 85.3 cm³/mol. The quantitative estimate of drug-likeness (QED) is 0.731. The normalized spacial score (nSPS) is 11.1. The number of H-pyrrole nitrogens is 1. The van der Waals surface area contributed by atoms with Gasteiger partial charge in [-0.15, -0.1) is 0 Å². The molecule has 1 N–H and O–H groups in total. The van der Waals surface area contributed by atoms with Gasteiger partial charge in [-0.25, -0.2) is 4.98 Å². The molecule has 0 amide bonds. The summed E-state index contributed by atoms with van der Waals surface area (Å²) in [5.74, 6) is 0. The number of nitrogens with one attached hydrogen (secondary N) is 1. The third-order valence-electron chi connectivity index (χ3n) is 3.25. The van der Waals surface area contributed by atoms with Gasteiger partial charge >= 0.3 is 0 Å². The van der Waals surface area contributed by atoms with E-state index in [1.807, 2.05) is 22.9 Å². The largest absolute Gasteiger partial charge is 0.329 e. The van der Waals surface area contributed by atoms with E-state index in [0.717, 1.165) is 27.8 Å². The standard InChI is InChI=1S/C14H13BrN4S/c1-2-9-4-3-5-16-12(9)8-19-13-11(18-14(19)20)6-10(15)7-17-13/h3-7H,2,8H2,1H3,(H,18,20). The summed E-state index contributed by atoms with van der Waals surface area (Å²) in [6, 6.07) is 6.05. The van der Waals surface area contributed by atoms with Crippen molar-refractivity contribution >= 4 is 39.3 Å². The lowest BCUT2D eigenvalue weighted by Gasteiger charge is -2.07. The van der Waals surface area contributed by atoms with Crippen molar-refractivity contribution in [1.82, 2.24) is 19.5 Å². The second-order valence-electron chi connectivity index (χ2n) is 4.50. The summed E-state index contributed by atoms with van der Waals surface area (Å²) in [6.45, 7) is 2.77. The van der Waals surface area contributed by atoms with Crippen molar-refractivity contribution < 1.29 is 0 Å². The zero-order valence-corrected chi connectivity index (χ0v) is 13.3. The van der Waals surface area contributed by atoms with Gasteiger partial charge in [-0.1, -0.05) is 13.0 Å². The number of pyridine rings is 2. The molecule has 0 fully saturated rings. The molecule has 0 bridgehead atoms. The van der Waals surface area contributed by atoms with Crippen LogP contribution in [0.25, 0.3) is 11.2 Å². The number of fused-ring (bicyclic) bond motifs is 1. The summed E-state index contributed by atoms with van der Waals surface area (Å²) in [6.07, 6.45) is 4.55. The van der Waals surface area contributed by atoms with E-state index < -0.39 is 0 Å². The van der Waals surface area contributed by atoms with Crippen molar-refractivity contribution in [3.05, 3.63) is 51.1 Å². The molecule has 4 nitrogen and oxygen atoms in total. The highest BCUT2D eigenvalue weighted by Gasteiger charge is 2.09. The maximum absolute atomic E-state index is 5.40. The summed E-state index contributed by atoms with van der Waals surface area (Å²) in [7, 11) is 0. The molecule has 102 valence electrons. The Labute approximate surface area is 130 Å². The van der Waals surface area contributed by atoms with Gasteiger partial charge in [-0.2, -0.15) is 0 Å². The second kappa shape index (κ2) is 5.46. The molecular weight excluding hydrogens is 336 g/mol. The molecule has 0 aliphatic heterocycles. The summed E-state index contributed by atoms with van der Waals surface area (Å²) in [5.41, 5.74) is 4.06. The molecule has 3 aromatic rings. The Bertz CT molecular complexity index is 821. The molecule has 0 saturated carbocycles. The molecule has 20 heavy (non-hydrogen) atoms. The molecule has 3 heterocycles. The fourth-order valence-corrected chi connectivity index (χ4v) is 2.84. The highest BCUT2D eigenvalue weighted by atomic mass is 79.9. The van der Waals surface area contributed by atoms with E-state index in [9.17, 15) is 0 Å². The summed E-state index contributed by atoms with van der Waals surface area (Å²) in [4.78, 5) is 12.1. The molecule has 6 heteroatoms. The van der Waals surface area contributed by atoms with Crippen LogP contribution >= 0.6 is 28.1 Å². The van der Waals surface area contributed by atoms with Crippen molar-refractivity contribution in [2.75, 3.05) is 0 Å². The number of aromatic amines is 1. The van der Waals surface area contributed by atoms with Crippen molar-refractivity contribution in [1.29, 1.82) is 0 Å². The smallest absolute Gasteiger partial charge is 0.179 e. The van der Waals surface area contributed by atoms with Gasteiger partial charge in [0.05, 0.1) is 17.8 Å². The van der Waals surface area contributed by atoms with Gasteiger partial charge < -0.3 is 4.98 Å². The lowest BCUT2D eigenvalue weighted by atomic mass is 10.1. The van der Waals surface area contributed by atoms with E-state index >= 15 is 0 Å². The van der Waals surface area contributed by atoms with E-state index in [1.165, 1.54) is 5.56 Å². The third kappa shape index (κ3) is 2.41. The van der Waals surface area contributed by atoms with Crippen LogP contribution in [0.4, 0.5) is 0 Å². The average Bonchev–Trinajstić information content (AvgIpc) is 2.75. The van der Waals surface area contributed by atoms with Crippen molar-refractivity contribution in [3.63, 3.8) is 0 Å². The maximum Gasteiger partial charge on any atom is 0.179 e. The van der Waals surface area contributed by atoms with E-state index in [-0.39, 0.29) is 0 Å². The SMILES string of the molecule is CCc1cccnc1Cn1c(=S)[nH]c2cc(Br)cnc21. The Balaban J connectivity index is 2.11. The predicted octanol–water partition coefficient (Wildman–Crippen LogP) is 3.86. The minimum absolute atomic E-state index is 0.636.